The van der Waals surface area contributed by atoms with Gasteiger partial charge in [0, 0.05) is 5.44 Å². The summed E-state index contributed by atoms with van der Waals surface area (Å²) in [6.07, 6.45) is 1.43. The summed E-state index contributed by atoms with van der Waals surface area (Å²) in [5, 5.41) is 2.29. The summed E-state index contributed by atoms with van der Waals surface area (Å²) in [4.78, 5) is 0. The normalized spacial score (nSPS) is 27.5. The molecule has 1 aromatic carbocycles. The summed E-state index contributed by atoms with van der Waals surface area (Å²) in [5.74, 6) is 0.430. The smallest absolute Gasteiger partial charge is 0.102 e. The molecule has 1 N–H and O–H groups in total. The van der Waals surface area contributed by atoms with E-state index >= 15 is 0 Å². The van der Waals surface area contributed by atoms with Crippen LogP contribution in [-0.4, -0.2) is 28.9 Å². The lowest BCUT2D eigenvalue weighted by Gasteiger charge is -2.33. The zero-order chi connectivity index (χ0) is 12.7. The predicted molar refractivity (Wildman–Crippen MR) is 74.6 cm³/mol. The number of rotatable bonds is 2. The molecule has 1 heterocycles. The molecule has 1 atom stereocenters. The largest absolute Gasteiger partial charge is 0.327 e. The quantitative estimate of drug-likeness (QED) is 0.743. The highest BCUT2D eigenvalue weighted by Crippen LogP contribution is 2.36. The van der Waals surface area contributed by atoms with Gasteiger partial charge in [0.1, 0.15) is 7.85 Å². The summed E-state index contributed by atoms with van der Waals surface area (Å²) in [6, 6.07) is 8.22. The Balaban J connectivity index is 2.41. The topological polar surface area (TPSA) is 12.0 Å². The van der Waals surface area contributed by atoms with E-state index in [1.165, 1.54) is 5.56 Å². The molecule has 0 aliphatic carbocycles. The summed E-state index contributed by atoms with van der Waals surface area (Å²) >= 11 is 0. The van der Waals surface area contributed by atoms with Gasteiger partial charge in [-0.15, -0.1) is 0 Å². The van der Waals surface area contributed by atoms with Crippen molar-refractivity contribution >= 4 is 23.5 Å². The van der Waals surface area contributed by atoms with E-state index in [-0.39, 0.29) is 0 Å². The molecule has 1 aliphatic rings. The fourth-order valence-corrected chi connectivity index (χ4v) is 2.55. The Kier molecular flexibility index (Phi) is 3.20. The van der Waals surface area contributed by atoms with Crippen LogP contribution in [0.15, 0.2) is 24.3 Å². The Morgan fingerprint density at radius 2 is 1.76 bits per heavy atom. The Morgan fingerprint density at radius 3 is 2.29 bits per heavy atom. The minimum Gasteiger partial charge on any atom is -0.327 e. The lowest BCUT2D eigenvalue weighted by Crippen LogP contribution is -2.50. The molecule has 0 bridgehead atoms. The van der Waals surface area contributed by atoms with Crippen molar-refractivity contribution in [2.45, 2.75) is 43.4 Å². The summed E-state index contributed by atoms with van der Waals surface area (Å²) in [7, 11) is 18.2. The number of nitrogens with one attached hydrogen (secondary N) is 1. The number of benzene rings is 1. The molecule has 17 heavy (non-hydrogen) atoms. The second-order valence-electron chi connectivity index (χ2n) is 5.38. The maximum atomic E-state index is 6.42. The van der Waals surface area contributed by atoms with Gasteiger partial charge in [0.05, 0.1) is 15.7 Å². The standard InChI is InChI=1S/C13H16B3N/c1-9(2)10-5-3-4-6-11(10)12(14)7-8-13(15,16)17-12/h3-6,9,17H,7-8H2,1-2H3. The van der Waals surface area contributed by atoms with Crippen molar-refractivity contribution in [1.82, 2.24) is 5.32 Å². The molecule has 0 aromatic heterocycles. The molecule has 0 amide bonds. The minimum atomic E-state index is -0.862. The lowest BCUT2D eigenvalue weighted by atomic mass is 9.61. The van der Waals surface area contributed by atoms with Crippen LogP contribution in [0, 0.1) is 0 Å². The van der Waals surface area contributed by atoms with Crippen molar-refractivity contribution in [1.29, 1.82) is 0 Å². The Labute approximate surface area is 108 Å². The first kappa shape index (κ1) is 12.8. The SMILES string of the molecule is [B]C1([B])CCC([B])(c2ccccc2C(C)C)N1. The zero-order valence-electron chi connectivity index (χ0n) is 10.5. The van der Waals surface area contributed by atoms with Gasteiger partial charge in [0.15, 0.2) is 0 Å². The molecule has 82 valence electrons. The zero-order valence-corrected chi connectivity index (χ0v) is 10.5. The van der Waals surface area contributed by atoms with Crippen molar-refractivity contribution in [3.8, 4) is 0 Å². The summed E-state index contributed by atoms with van der Waals surface area (Å²) < 4.78 is 0. The van der Waals surface area contributed by atoms with E-state index in [1.807, 2.05) is 12.1 Å². The van der Waals surface area contributed by atoms with Gasteiger partial charge in [-0.25, -0.2) is 0 Å². The molecule has 1 aliphatic heterocycles. The van der Waals surface area contributed by atoms with Crippen LogP contribution in [0.25, 0.3) is 0 Å². The highest BCUT2D eigenvalue weighted by molar-refractivity contribution is 6.40. The Morgan fingerprint density at radius 1 is 1.12 bits per heavy atom. The molecule has 1 nitrogen and oxygen atoms in total. The van der Waals surface area contributed by atoms with Crippen LogP contribution in [0.5, 0.6) is 0 Å². The van der Waals surface area contributed by atoms with Crippen LogP contribution in [0.3, 0.4) is 0 Å². The first-order valence-corrected chi connectivity index (χ1v) is 6.09. The van der Waals surface area contributed by atoms with Crippen LogP contribution in [-0.2, 0) is 5.44 Å². The van der Waals surface area contributed by atoms with E-state index in [1.54, 1.807) is 0 Å². The third-order valence-electron chi connectivity index (χ3n) is 3.45. The first-order valence-electron chi connectivity index (χ1n) is 6.09. The van der Waals surface area contributed by atoms with Gasteiger partial charge in [0.25, 0.3) is 0 Å². The number of hydrogen-bond acceptors (Lipinski definition) is 1. The van der Waals surface area contributed by atoms with Gasteiger partial charge in [-0.2, -0.15) is 0 Å². The van der Waals surface area contributed by atoms with E-state index in [2.05, 4.69) is 31.3 Å². The third kappa shape index (κ3) is 2.47. The molecule has 0 saturated carbocycles. The second kappa shape index (κ2) is 4.24. The summed E-state index contributed by atoms with van der Waals surface area (Å²) in [6.45, 7) is 4.32. The predicted octanol–water partition coefficient (Wildman–Crippen LogP) is 1.51. The lowest BCUT2D eigenvalue weighted by molar-refractivity contribution is 0.533. The van der Waals surface area contributed by atoms with Crippen molar-refractivity contribution in [2.24, 2.45) is 0 Å². The number of hydrogen-bond donors (Lipinski definition) is 1. The summed E-state index contributed by atoms with van der Waals surface area (Å²) in [5.41, 5.74) is 1.75. The molecule has 1 fully saturated rings. The van der Waals surface area contributed by atoms with E-state index in [0.29, 0.717) is 12.3 Å². The van der Waals surface area contributed by atoms with Crippen LogP contribution in [0.1, 0.15) is 43.7 Å². The Hall–Kier alpha value is -0.625. The van der Waals surface area contributed by atoms with Crippen LogP contribution in [0.2, 0.25) is 0 Å². The van der Waals surface area contributed by atoms with Crippen LogP contribution in [0.4, 0.5) is 0 Å². The van der Waals surface area contributed by atoms with E-state index in [0.717, 1.165) is 12.0 Å². The highest BCUT2D eigenvalue weighted by Gasteiger charge is 2.39. The van der Waals surface area contributed by atoms with Gasteiger partial charge >= 0.3 is 0 Å². The van der Waals surface area contributed by atoms with Gasteiger partial charge < -0.3 is 5.32 Å². The average molecular weight is 219 g/mol. The fourth-order valence-electron chi connectivity index (χ4n) is 2.55. The van der Waals surface area contributed by atoms with Gasteiger partial charge in [0.2, 0.25) is 0 Å². The van der Waals surface area contributed by atoms with Gasteiger partial charge in [-0.05, 0) is 29.9 Å². The van der Waals surface area contributed by atoms with Crippen molar-refractivity contribution in [3.63, 3.8) is 0 Å². The minimum absolute atomic E-state index is 0.430. The average Bonchev–Trinajstić information content (AvgIpc) is 2.54. The van der Waals surface area contributed by atoms with E-state index in [9.17, 15) is 0 Å². The van der Waals surface area contributed by atoms with Crippen molar-refractivity contribution in [3.05, 3.63) is 35.4 Å². The monoisotopic (exact) mass is 219 g/mol. The maximum absolute atomic E-state index is 6.42. The van der Waals surface area contributed by atoms with E-state index < -0.39 is 10.8 Å². The van der Waals surface area contributed by atoms with Gasteiger partial charge in [-0.1, -0.05) is 43.5 Å². The van der Waals surface area contributed by atoms with Crippen molar-refractivity contribution in [2.75, 3.05) is 0 Å². The van der Waals surface area contributed by atoms with Crippen LogP contribution < -0.4 is 5.32 Å². The molecule has 1 aromatic rings. The fraction of sp³-hybridized carbons (Fsp3) is 0.538. The van der Waals surface area contributed by atoms with E-state index in [4.69, 9.17) is 23.5 Å². The Bertz CT molecular complexity index is 417. The molecule has 1 saturated heterocycles. The molecule has 2 rings (SSSR count). The molecule has 4 heteroatoms. The molecule has 1 unspecified atom stereocenters. The van der Waals surface area contributed by atoms with Crippen molar-refractivity contribution < 1.29 is 0 Å². The molecular weight excluding hydrogens is 203 g/mol. The maximum Gasteiger partial charge on any atom is 0.102 e. The third-order valence-corrected chi connectivity index (χ3v) is 3.45. The second-order valence-corrected chi connectivity index (χ2v) is 5.38. The van der Waals surface area contributed by atoms with Crippen LogP contribution >= 0.6 is 0 Å². The molecular formula is C13H16B3N. The molecule has 6 radical (unpaired) electrons. The molecule has 0 spiro atoms. The first-order chi connectivity index (χ1) is 7.84. The van der Waals surface area contributed by atoms with Gasteiger partial charge in [-0.3, -0.25) is 0 Å². The highest BCUT2D eigenvalue weighted by atomic mass is 15.0.